The number of rotatable bonds is 1. The Kier molecular flexibility index (Phi) is 1.96. The minimum absolute atomic E-state index is 0.846. The van der Waals surface area contributed by atoms with Crippen molar-refractivity contribution in [3.8, 4) is 11.4 Å². The fraction of sp³-hybridized carbons (Fsp3) is 0.0769. The molecule has 0 spiro atoms. The highest BCUT2D eigenvalue weighted by atomic mass is 15.0. The largest absolute Gasteiger partial charge is 0.323 e. The Bertz CT molecular complexity index is 626. The van der Waals surface area contributed by atoms with Crippen LogP contribution in [0.4, 0.5) is 0 Å². The SMILES string of the molecule is Cc1ccnc2[nH]c(-c3ccccc3)nc12. The number of aromatic nitrogens is 3. The summed E-state index contributed by atoms with van der Waals surface area (Å²) in [7, 11) is 0. The zero-order chi connectivity index (χ0) is 11.0. The van der Waals surface area contributed by atoms with Crippen molar-refractivity contribution in [3.05, 3.63) is 48.2 Å². The third-order valence-electron chi connectivity index (χ3n) is 2.63. The van der Waals surface area contributed by atoms with Gasteiger partial charge in [-0.05, 0) is 18.6 Å². The van der Waals surface area contributed by atoms with Crippen LogP contribution in [0.1, 0.15) is 5.56 Å². The van der Waals surface area contributed by atoms with Gasteiger partial charge in [-0.3, -0.25) is 0 Å². The van der Waals surface area contributed by atoms with Crippen molar-refractivity contribution in [1.29, 1.82) is 0 Å². The number of hydrogen-bond donors (Lipinski definition) is 1. The van der Waals surface area contributed by atoms with E-state index < -0.39 is 0 Å². The molecule has 0 fully saturated rings. The van der Waals surface area contributed by atoms with E-state index in [1.165, 1.54) is 0 Å². The van der Waals surface area contributed by atoms with Gasteiger partial charge in [0, 0.05) is 11.8 Å². The maximum atomic E-state index is 4.56. The predicted octanol–water partition coefficient (Wildman–Crippen LogP) is 2.93. The van der Waals surface area contributed by atoms with E-state index in [-0.39, 0.29) is 0 Å². The first-order valence-electron chi connectivity index (χ1n) is 5.21. The molecule has 0 aliphatic rings. The van der Waals surface area contributed by atoms with E-state index in [2.05, 4.69) is 15.0 Å². The van der Waals surface area contributed by atoms with E-state index >= 15 is 0 Å². The lowest BCUT2D eigenvalue weighted by atomic mass is 10.2. The Hall–Kier alpha value is -2.16. The molecule has 0 radical (unpaired) electrons. The van der Waals surface area contributed by atoms with Crippen molar-refractivity contribution in [2.75, 3.05) is 0 Å². The van der Waals surface area contributed by atoms with Gasteiger partial charge in [0.05, 0.1) is 0 Å². The highest BCUT2D eigenvalue weighted by Gasteiger charge is 2.06. The van der Waals surface area contributed by atoms with Crippen molar-refractivity contribution in [3.63, 3.8) is 0 Å². The molecule has 1 aromatic carbocycles. The molecular formula is C13H11N3. The van der Waals surface area contributed by atoms with Gasteiger partial charge in [0.1, 0.15) is 11.3 Å². The minimum atomic E-state index is 0.846. The first kappa shape index (κ1) is 9.09. The molecule has 3 heteroatoms. The highest BCUT2D eigenvalue weighted by Crippen LogP contribution is 2.20. The van der Waals surface area contributed by atoms with Gasteiger partial charge in [0.25, 0.3) is 0 Å². The third-order valence-corrected chi connectivity index (χ3v) is 2.63. The molecule has 3 aromatic rings. The molecular weight excluding hydrogens is 198 g/mol. The van der Waals surface area contributed by atoms with Crippen LogP contribution in [0.2, 0.25) is 0 Å². The standard InChI is InChI=1S/C13H11N3/c1-9-7-8-14-13-11(9)15-12(16-13)10-5-3-2-4-6-10/h2-8H,1H3,(H,14,15,16). The minimum Gasteiger partial charge on any atom is -0.323 e. The molecule has 0 aliphatic heterocycles. The van der Waals surface area contributed by atoms with Gasteiger partial charge in [0.15, 0.2) is 5.65 Å². The number of imidazole rings is 1. The van der Waals surface area contributed by atoms with Crippen LogP contribution >= 0.6 is 0 Å². The highest BCUT2D eigenvalue weighted by molar-refractivity contribution is 5.78. The monoisotopic (exact) mass is 209 g/mol. The van der Waals surface area contributed by atoms with E-state index in [1.807, 2.05) is 43.3 Å². The number of nitrogens with one attached hydrogen (secondary N) is 1. The summed E-state index contributed by atoms with van der Waals surface area (Å²) >= 11 is 0. The summed E-state index contributed by atoms with van der Waals surface area (Å²) in [5.41, 5.74) is 4.02. The number of hydrogen-bond acceptors (Lipinski definition) is 2. The van der Waals surface area contributed by atoms with Gasteiger partial charge in [-0.2, -0.15) is 0 Å². The number of H-pyrrole nitrogens is 1. The zero-order valence-electron chi connectivity index (χ0n) is 8.94. The molecule has 0 unspecified atom stereocenters. The lowest BCUT2D eigenvalue weighted by molar-refractivity contribution is 1.30. The quantitative estimate of drug-likeness (QED) is 0.669. The van der Waals surface area contributed by atoms with Crippen LogP contribution in [0.3, 0.4) is 0 Å². The molecule has 2 heterocycles. The number of fused-ring (bicyclic) bond motifs is 1. The Balaban J connectivity index is 2.23. The summed E-state index contributed by atoms with van der Waals surface area (Å²) in [4.78, 5) is 12.1. The van der Waals surface area contributed by atoms with Crippen LogP contribution in [0, 0.1) is 6.92 Å². The maximum absolute atomic E-state index is 4.56. The van der Waals surface area contributed by atoms with Gasteiger partial charge >= 0.3 is 0 Å². The molecule has 3 nitrogen and oxygen atoms in total. The van der Waals surface area contributed by atoms with Crippen molar-refractivity contribution >= 4 is 11.2 Å². The third kappa shape index (κ3) is 1.37. The fourth-order valence-electron chi connectivity index (χ4n) is 1.77. The first-order valence-corrected chi connectivity index (χ1v) is 5.21. The Labute approximate surface area is 93.2 Å². The summed E-state index contributed by atoms with van der Waals surface area (Å²) in [6.45, 7) is 2.04. The van der Waals surface area contributed by atoms with Crippen LogP contribution in [0.25, 0.3) is 22.6 Å². The Morgan fingerprint density at radius 1 is 1.06 bits per heavy atom. The summed E-state index contributed by atoms with van der Waals surface area (Å²) in [5.74, 6) is 0.873. The molecule has 0 bridgehead atoms. The van der Waals surface area contributed by atoms with Crippen LogP contribution in [-0.2, 0) is 0 Å². The number of aromatic amines is 1. The van der Waals surface area contributed by atoms with Crippen molar-refractivity contribution < 1.29 is 0 Å². The summed E-state index contributed by atoms with van der Waals surface area (Å²) in [5, 5.41) is 0. The van der Waals surface area contributed by atoms with Gasteiger partial charge in [0.2, 0.25) is 0 Å². The fourth-order valence-corrected chi connectivity index (χ4v) is 1.77. The number of aryl methyl sites for hydroxylation is 1. The van der Waals surface area contributed by atoms with E-state index in [0.717, 1.165) is 28.1 Å². The van der Waals surface area contributed by atoms with Crippen LogP contribution < -0.4 is 0 Å². The molecule has 1 N–H and O–H groups in total. The molecule has 0 atom stereocenters. The van der Waals surface area contributed by atoms with Gasteiger partial charge < -0.3 is 4.98 Å². The normalized spacial score (nSPS) is 10.8. The molecule has 0 aliphatic carbocycles. The second-order valence-corrected chi connectivity index (χ2v) is 3.78. The molecule has 0 saturated heterocycles. The van der Waals surface area contributed by atoms with E-state index in [0.29, 0.717) is 0 Å². The zero-order valence-corrected chi connectivity index (χ0v) is 8.94. The summed E-state index contributed by atoms with van der Waals surface area (Å²) < 4.78 is 0. The summed E-state index contributed by atoms with van der Waals surface area (Å²) in [6, 6.07) is 12.0. The van der Waals surface area contributed by atoms with E-state index in [4.69, 9.17) is 0 Å². The molecule has 0 amide bonds. The average Bonchev–Trinajstić information content (AvgIpc) is 2.76. The van der Waals surface area contributed by atoms with E-state index in [9.17, 15) is 0 Å². The first-order chi connectivity index (χ1) is 7.84. The van der Waals surface area contributed by atoms with Crippen molar-refractivity contribution in [1.82, 2.24) is 15.0 Å². The lowest BCUT2D eigenvalue weighted by Crippen LogP contribution is -1.78. The van der Waals surface area contributed by atoms with Gasteiger partial charge in [-0.25, -0.2) is 9.97 Å². The Morgan fingerprint density at radius 3 is 2.62 bits per heavy atom. The van der Waals surface area contributed by atoms with E-state index in [1.54, 1.807) is 6.20 Å². The van der Waals surface area contributed by atoms with Gasteiger partial charge in [-0.15, -0.1) is 0 Å². The molecule has 2 aromatic heterocycles. The molecule has 3 rings (SSSR count). The maximum Gasteiger partial charge on any atom is 0.157 e. The van der Waals surface area contributed by atoms with Crippen molar-refractivity contribution in [2.24, 2.45) is 0 Å². The molecule has 0 saturated carbocycles. The van der Waals surface area contributed by atoms with Crippen LogP contribution in [0.15, 0.2) is 42.6 Å². The topological polar surface area (TPSA) is 41.6 Å². The van der Waals surface area contributed by atoms with Gasteiger partial charge in [-0.1, -0.05) is 30.3 Å². The van der Waals surface area contributed by atoms with Crippen LogP contribution in [0.5, 0.6) is 0 Å². The number of benzene rings is 1. The smallest absolute Gasteiger partial charge is 0.157 e. The number of pyridine rings is 1. The lowest BCUT2D eigenvalue weighted by Gasteiger charge is -1.93. The molecule has 16 heavy (non-hydrogen) atoms. The molecule has 78 valence electrons. The predicted molar refractivity (Wildman–Crippen MR) is 64.1 cm³/mol. The van der Waals surface area contributed by atoms with Crippen LogP contribution in [-0.4, -0.2) is 15.0 Å². The Morgan fingerprint density at radius 2 is 1.88 bits per heavy atom. The summed E-state index contributed by atoms with van der Waals surface area (Å²) in [6.07, 6.45) is 1.80. The second-order valence-electron chi connectivity index (χ2n) is 3.78. The second kappa shape index (κ2) is 3.45. The number of nitrogens with zero attached hydrogens (tertiary/aromatic N) is 2. The average molecular weight is 209 g/mol. The van der Waals surface area contributed by atoms with Crippen molar-refractivity contribution in [2.45, 2.75) is 6.92 Å².